The summed E-state index contributed by atoms with van der Waals surface area (Å²) < 4.78 is 0. The van der Waals surface area contributed by atoms with Crippen LogP contribution in [0.1, 0.15) is 0 Å². The van der Waals surface area contributed by atoms with Crippen LogP contribution in [0.3, 0.4) is 0 Å². The van der Waals surface area contributed by atoms with Crippen molar-refractivity contribution in [2.24, 2.45) is 0 Å². The fourth-order valence-corrected chi connectivity index (χ4v) is 2.62. The molecule has 88 valence electrons. The summed E-state index contributed by atoms with van der Waals surface area (Å²) in [5.74, 6) is 0. The maximum absolute atomic E-state index is 12.5. The quantitative estimate of drug-likeness (QED) is 0.607. The summed E-state index contributed by atoms with van der Waals surface area (Å²) in [5.41, 5.74) is 0.113. The summed E-state index contributed by atoms with van der Waals surface area (Å²) >= 11 is 1.66. The first-order valence-electron chi connectivity index (χ1n) is 5.79. The van der Waals surface area contributed by atoms with E-state index >= 15 is 0 Å². The molecule has 0 amide bonds. The van der Waals surface area contributed by atoms with Gasteiger partial charge in [-0.15, -0.1) is 11.8 Å². The standard InChI is InChI=1S/C16H12OS/c1-18-13-9-8-12-7-6-11-4-2-3-5-14(11)16(17)15(12)10-13/h2-10H,1H3. The molecule has 0 radical (unpaired) electrons. The van der Waals surface area contributed by atoms with Crippen LogP contribution in [-0.2, 0) is 0 Å². The van der Waals surface area contributed by atoms with Crippen LogP contribution in [0.4, 0.5) is 0 Å². The molecule has 0 heterocycles. The van der Waals surface area contributed by atoms with Crippen LogP contribution in [0.15, 0.2) is 64.3 Å². The molecule has 0 spiro atoms. The number of thioether (sulfide) groups is 1. The molecule has 0 fully saturated rings. The van der Waals surface area contributed by atoms with Gasteiger partial charge in [0.15, 0.2) is 5.43 Å². The highest BCUT2D eigenvalue weighted by molar-refractivity contribution is 7.98. The van der Waals surface area contributed by atoms with Crippen LogP contribution < -0.4 is 5.43 Å². The van der Waals surface area contributed by atoms with Gasteiger partial charge in [0.05, 0.1) is 0 Å². The number of rotatable bonds is 1. The third-order valence-electron chi connectivity index (χ3n) is 3.15. The molecule has 0 aliphatic carbocycles. The highest BCUT2D eigenvalue weighted by Crippen LogP contribution is 2.21. The Balaban J connectivity index is 2.56. The zero-order chi connectivity index (χ0) is 12.5. The maximum atomic E-state index is 12.5. The van der Waals surface area contributed by atoms with Gasteiger partial charge < -0.3 is 0 Å². The van der Waals surface area contributed by atoms with Crippen LogP contribution in [0, 0.1) is 0 Å². The van der Waals surface area contributed by atoms with Gasteiger partial charge in [0, 0.05) is 15.7 Å². The van der Waals surface area contributed by atoms with Crippen molar-refractivity contribution in [3.05, 3.63) is 64.8 Å². The zero-order valence-electron chi connectivity index (χ0n) is 10.0. The average molecular weight is 252 g/mol. The lowest BCUT2D eigenvalue weighted by atomic mass is 10.1. The minimum absolute atomic E-state index is 0.113. The first-order valence-corrected chi connectivity index (χ1v) is 7.02. The summed E-state index contributed by atoms with van der Waals surface area (Å²) in [5, 5.41) is 3.56. The predicted octanol–water partition coefficient (Wildman–Crippen LogP) is 4.08. The molecule has 0 aliphatic rings. The molecule has 0 aromatic heterocycles. The Labute approximate surface area is 109 Å². The van der Waals surface area contributed by atoms with Gasteiger partial charge in [-0.25, -0.2) is 0 Å². The van der Waals surface area contributed by atoms with E-state index in [4.69, 9.17) is 0 Å². The number of benzene rings is 2. The van der Waals surface area contributed by atoms with Crippen LogP contribution >= 0.6 is 11.8 Å². The van der Waals surface area contributed by atoms with Gasteiger partial charge in [0.1, 0.15) is 0 Å². The van der Waals surface area contributed by atoms with Crippen molar-refractivity contribution in [2.45, 2.75) is 4.90 Å². The van der Waals surface area contributed by atoms with Gasteiger partial charge in [-0.05, 0) is 29.2 Å². The molecule has 0 aliphatic heterocycles. The fourth-order valence-electron chi connectivity index (χ4n) is 2.18. The highest BCUT2D eigenvalue weighted by Gasteiger charge is 2.02. The molecule has 0 saturated heterocycles. The molecule has 0 unspecified atom stereocenters. The molecule has 2 heteroatoms. The summed E-state index contributed by atoms with van der Waals surface area (Å²) in [7, 11) is 0. The normalized spacial score (nSPS) is 10.9. The second-order valence-corrected chi connectivity index (χ2v) is 5.08. The van der Waals surface area contributed by atoms with Crippen LogP contribution in [0.5, 0.6) is 0 Å². The summed E-state index contributed by atoms with van der Waals surface area (Å²) in [4.78, 5) is 13.7. The summed E-state index contributed by atoms with van der Waals surface area (Å²) in [6.07, 6.45) is 2.02. The molecule has 3 aromatic carbocycles. The van der Waals surface area contributed by atoms with E-state index < -0.39 is 0 Å². The minimum atomic E-state index is 0.113. The van der Waals surface area contributed by atoms with Crippen molar-refractivity contribution >= 4 is 33.3 Å². The van der Waals surface area contributed by atoms with E-state index in [0.717, 1.165) is 26.4 Å². The third kappa shape index (κ3) is 1.79. The Kier molecular flexibility index (Phi) is 2.80. The van der Waals surface area contributed by atoms with Gasteiger partial charge in [-0.2, -0.15) is 0 Å². The molecule has 18 heavy (non-hydrogen) atoms. The first-order chi connectivity index (χ1) is 8.79. The molecule has 0 saturated carbocycles. The predicted molar refractivity (Wildman–Crippen MR) is 79.5 cm³/mol. The van der Waals surface area contributed by atoms with Crippen molar-refractivity contribution in [1.29, 1.82) is 0 Å². The van der Waals surface area contributed by atoms with Crippen molar-refractivity contribution in [2.75, 3.05) is 6.26 Å². The molecular formula is C16H12OS. The van der Waals surface area contributed by atoms with E-state index in [1.807, 2.05) is 54.8 Å². The van der Waals surface area contributed by atoms with E-state index in [-0.39, 0.29) is 5.43 Å². The lowest BCUT2D eigenvalue weighted by Crippen LogP contribution is -1.98. The SMILES string of the molecule is CSc1ccc2ccc3ccccc3c(=O)c2c1. The van der Waals surface area contributed by atoms with Gasteiger partial charge in [-0.3, -0.25) is 4.79 Å². The average Bonchev–Trinajstić information content (AvgIpc) is 2.57. The molecule has 0 N–H and O–H groups in total. The lowest BCUT2D eigenvalue weighted by molar-refractivity contribution is 1.51. The molecule has 3 aromatic rings. The topological polar surface area (TPSA) is 17.1 Å². The molecule has 1 nitrogen and oxygen atoms in total. The van der Waals surface area contributed by atoms with Crippen molar-refractivity contribution in [3.63, 3.8) is 0 Å². The van der Waals surface area contributed by atoms with E-state index in [0.29, 0.717) is 0 Å². The maximum Gasteiger partial charge on any atom is 0.194 e. The zero-order valence-corrected chi connectivity index (χ0v) is 10.8. The van der Waals surface area contributed by atoms with E-state index in [9.17, 15) is 4.79 Å². The lowest BCUT2D eigenvalue weighted by Gasteiger charge is -1.96. The second-order valence-electron chi connectivity index (χ2n) is 4.20. The molecule has 3 rings (SSSR count). The van der Waals surface area contributed by atoms with Gasteiger partial charge >= 0.3 is 0 Å². The molecular weight excluding hydrogens is 240 g/mol. The van der Waals surface area contributed by atoms with Crippen molar-refractivity contribution in [3.8, 4) is 0 Å². The number of hydrogen-bond donors (Lipinski definition) is 0. The first kappa shape index (κ1) is 11.3. The summed E-state index contributed by atoms with van der Waals surface area (Å²) in [6, 6.07) is 17.8. The number of hydrogen-bond acceptors (Lipinski definition) is 2. The monoisotopic (exact) mass is 252 g/mol. The van der Waals surface area contributed by atoms with E-state index in [2.05, 4.69) is 6.07 Å². The van der Waals surface area contributed by atoms with E-state index in [1.165, 1.54) is 0 Å². The Morgan fingerprint density at radius 1 is 0.833 bits per heavy atom. The Morgan fingerprint density at radius 2 is 1.50 bits per heavy atom. The van der Waals surface area contributed by atoms with Gasteiger partial charge in [0.25, 0.3) is 0 Å². The molecule has 0 bridgehead atoms. The van der Waals surface area contributed by atoms with Crippen LogP contribution in [0.25, 0.3) is 21.5 Å². The van der Waals surface area contributed by atoms with E-state index in [1.54, 1.807) is 11.8 Å². The molecule has 0 atom stereocenters. The van der Waals surface area contributed by atoms with Crippen LogP contribution in [-0.4, -0.2) is 6.26 Å². The highest BCUT2D eigenvalue weighted by atomic mass is 32.2. The number of fused-ring (bicyclic) bond motifs is 2. The van der Waals surface area contributed by atoms with Crippen molar-refractivity contribution in [1.82, 2.24) is 0 Å². The van der Waals surface area contributed by atoms with Gasteiger partial charge in [-0.1, -0.05) is 42.5 Å². The Bertz CT molecular complexity index is 793. The summed E-state index contributed by atoms with van der Waals surface area (Å²) in [6.45, 7) is 0. The Hall–Kier alpha value is -1.80. The Morgan fingerprint density at radius 3 is 2.28 bits per heavy atom. The minimum Gasteiger partial charge on any atom is -0.289 e. The second kappa shape index (κ2) is 4.46. The van der Waals surface area contributed by atoms with Crippen molar-refractivity contribution < 1.29 is 0 Å². The van der Waals surface area contributed by atoms with Gasteiger partial charge in [0.2, 0.25) is 0 Å². The third-order valence-corrected chi connectivity index (χ3v) is 3.88. The smallest absolute Gasteiger partial charge is 0.194 e. The fraction of sp³-hybridized carbons (Fsp3) is 0.0625. The largest absolute Gasteiger partial charge is 0.289 e. The van der Waals surface area contributed by atoms with Crippen LogP contribution in [0.2, 0.25) is 0 Å².